The van der Waals surface area contributed by atoms with E-state index in [0.29, 0.717) is 0 Å². The number of carbonyl (C=O) groups excluding carboxylic acids is 1. The number of nitro groups is 1. The summed E-state index contributed by atoms with van der Waals surface area (Å²) in [6, 6.07) is 3.16. The molecular formula is C12H15FN2O4S. The molecule has 0 spiro atoms. The number of aliphatic hydroxyl groups excluding tert-OH is 1. The third-order valence-electron chi connectivity index (χ3n) is 2.47. The Hall–Kier alpha value is -1.67. The molecule has 110 valence electrons. The number of hydrogen-bond donors (Lipinski definition) is 2. The largest absolute Gasteiger partial charge is 0.395 e. The van der Waals surface area contributed by atoms with E-state index in [-0.39, 0.29) is 23.5 Å². The van der Waals surface area contributed by atoms with E-state index in [9.17, 15) is 19.3 Å². The fourth-order valence-corrected chi connectivity index (χ4v) is 2.39. The standard InChI is InChI=1S/C12H15FN2O4S/c1-7(6-16)20-8(2)12(17)14-9-3-4-10(13)11(5-9)15(18)19/h3-5,7-8,16H,6H2,1-2H3,(H,14,17)/t7-,8-/m1/s1. The molecule has 2 atom stereocenters. The van der Waals surface area contributed by atoms with Gasteiger partial charge in [0.1, 0.15) is 0 Å². The molecule has 1 amide bonds. The quantitative estimate of drug-likeness (QED) is 0.620. The summed E-state index contributed by atoms with van der Waals surface area (Å²) in [6.07, 6.45) is 0. The molecule has 1 aromatic carbocycles. The third-order valence-corrected chi connectivity index (χ3v) is 3.71. The van der Waals surface area contributed by atoms with Crippen LogP contribution in [0.2, 0.25) is 0 Å². The Morgan fingerprint density at radius 1 is 1.55 bits per heavy atom. The number of nitrogens with one attached hydrogen (secondary N) is 1. The van der Waals surface area contributed by atoms with Gasteiger partial charge in [-0.05, 0) is 19.1 Å². The molecule has 0 radical (unpaired) electrons. The third kappa shape index (κ3) is 4.46. The SMILES string of the molecule is C[C@H](CO)S[C@H](C)C(=O)Nc1ccc(F)c([N+](=O)[O-])c1. The number of benzene rings is 1. The van der Waals surface area contributed by atoms with Gasteiger partial charge in [0.2, 0.25) is 11.7 Å². The summed E-state index contributed by atoms with van der Waals surface area (Å²) in [5.41, 5.74) is -0.529. The number of hydrogen-bond acceptors (Lipinski definition) is 5. The molecule has 0 fully saturated rings. The topological polar surface area (TPSA) is 92.5 Å². The van der Waals surface area contributed by atoms with Crippen LogP contribution in [0, 0.1) is 15.9 Å². The van der Waals surface area contributed by atoms with Crippen molar-refractivity contribution in [1.82, 2.24) is 0 Å². The van der Waals surface area contributed by atoms with Crippen LogP contribution in [-0.2, 0) is 4.79 Å². The van der Waals surface area contributed by atoms with Gasteiger partial charge in [0, 0.05) is 17.0 Å². The van der Waals surface area contributed by atoms with Crippen LogP contribution in [-0.4, -0.2) is 33.0 Å². The van der Waals surface area contributed by atoms with Crippen molar-refractivity contribution in [2.24, 2.45) is 0 Å². The Labute approximate surface area is 119 Å². The van der Waals surface area contributed by atoms with Gasteiger partial charge < -0.3 is 10.4 Å². The van der Waals surface area contributed by atoms with Gasteiger partial charge in [0.15, 0.2) is 0 Å². The molecule has 0 heterocycles. The van der Waals surface area contributed by atoms with E-state index in [2.05, 4.69) is 5.32 Å². The lowest BCUT2D eigenvalue weighted by Crippen LogP contribution is -2.25. The molecule has 8 heteroatoms. The van der Waals surface area contributed by atoms with E-state index in [4.69, 9.17) is 5.11 Å². The average Bonchev–Trinajstić information content (AvgIpc) is 2.40. The minimum Gasteiger partial charge on any atom is -0.395 e. The van der Waals surface area contributed by atoms with Gasteiger partial charge in [-0.3, -0.25) is 14.9 Å². The molecule has 0 aromatic heterocycles. The van der Waals surface area contributed by atoms with Gasteiger partial charge in [0.25, 0.3) is 0 Å². The predicted octanol–water partition coefficient (Wildman–Crippen LogP) is 2.17. The lowest BCUT2D eigenvalue weighted by Gasteiger charge is -2.15. The van der Waals surface area contributed by atoms with Gasteiger partial charge >= 0.3 is 5.69 Å². The number of anilines is 1. The normalized spacial score (nSPS) is 13.6. The van der Waals surface area contributed by atoms with Crippen LogP contribution >= 0.6 is 11.8 Å². The van der Waals surface area contributed by atoms with E-state index in [1.807, 2.05) is 0 Å². The van der Waals surface area contributed by atoms with Crippen LogP contribution in [0.15, 0.2) is 18.2 Å². The molecule has 6 nitrogen and oxygen atoms in total. The fourth-order valence-electron chi connectivity index (χ4n) is 1.43. The summed E-state index contributed by atoms with van der Waals surface area (Å²) < 4.78 is 13.1. The minimum absolute atomic E-state index is 0.0513. The van der Waals surface area contributed by atoms with Crippen LogP contribution in [0.3, 0.4) is 0 Å². The summed E-state index contributed by atoms with van der Waals surface area (Å²) in [5, 5.41) is 21.5. The highest BCUT2D eigenvalue weighted by molar-refractivity contribution is 8.01. The van der Waals surface area contributed by atoms with Crippen molar-refractivity contribution < 1.29 is 19.2 Å². The van der Waals surface area contributed by atoms with E-state index >= 15 is 0 Å². The van der Waals surface area contributed by atoms with Crippen molar-refractivity contribution in [3.63, 3.8) is 0 Å². The van der Waals surface area contributed by atoms with Gasteiger partial charge in [0.05, 0.1) is 16.8 Å². The minimum atomic E-state index is -0.954. The highest BCUT2D eigenvalue weighted by atomic mass is 32.2. The molecule has 1 rings (SSSR count). The molecule has 0 aliphatic rings. The number of amides is 1. The molecule has 1 aromatic rings. The number of nitrogens with zero attached hydrogens (tertiary/aromatic N) is 1. The number of rotatable bonds is 6. The Morgan fingerprint density at radius 2 is 2.20 bits per heavy atom. The van der Waals surface area contributed by atoms with Gasteiger partial charge in [-0.25, -0.2) is 0 Å². The van der Waals surface area contributed by atoms with E-state index in [1.165, 1.54) is 17.8 Å². The molecule has 0 saturated heterocycles. The molecule has 0 aliphatic carbocycles. The number of aliphatic hydroxyl groups is 1. The monoisotopic (exact) mass is 302 g/mol. The van der Waals surface area contributed by atoms with Gasteiger partial charge in [-0.15, -0.1) is 11.8 Å². The molecule has 0 aliphatic heterocycles. The Kier molecular flexibility index (Phi) is 5.90. The first-order chi connectivity index (χ1) is 9.35. The molecule has 0 saturated carbocycles. The molecule has 2 N–H and O–H groups in total. The van der Waals surface area contributed by atoms with E-state index in [0.717, 1.165) is 12.1 Å². The zero-order chi connectivity index (χ0) is 15.3. The smallest absolute Gasteiger partial charge is 0.306 e. The number of thioether (sulfide) groups is 1. The number of nitro benzene ring substituents is 1. The molecular weight excluding hydrogens is 287 g/mol. The van der Waals surface area contributed by atoms with Crippen molar-refractivity contribution in [2.75, 3.05) is 11.9 Å². The Balaban J connectivity index is 2.76. The second kappa shape index (κ2) is 7.20. The highest BCUT2D eigenvalue weighted by Crippen LogP contribution is 2.23. The fraction of sp³-hybridized carbons (Fsp3) is 0.417. The first-order valence-corrected chi connectivity index (χ1v) is 6.80. The second-order valence-corrected chi connectivity index (χ2v) is 5.97. The summed E-state index contributed by atoms with van der Waals surface area (Å²) in [5.74, 6) is -1.32. The van der Waals surface area contributed by atoms with Gasteiger partial charge in [-0.1, -0.05) is 6.92 Å². The summed E-state index contributed by atoms with van der Waals surface area (Å²) in [7, 11) is 0. The van der Waals surface area contributed by atoms with E-state index < -0.39 is 21.7 Å². The van der Waals surface area contributed by atoms with Crippen molar-refractivity contribution in [3.8, 4) is 0 Å². The van der Waals surface area contributed by atoms with E-state index in [1.54, 1.807) is 13.8 Å². The maximum atomic E-state index is 13.1. The van der Waals surface area contributed by atoms with Gasteiger partial charge in [-0.2, -0.15) is 4.39 Å². The van der Waals surface area contributed by atoms with Crippen LogP contribution in [0.25, 0.3) is 0 Å². The summed E-state index contributed by atoms with van der Waals surface area (Å²) in [6.45, 7) is 3.38. The Morgan fingerprint density at radius 3 is 2.75 bits per heavy atom. The number of halogens is 1. The van der Waals surface area contributed by atoms with Crippen molar-refractivity contribution in [2.45, 2.75) is 24.3 Å². The van der Waals surface area contributed by atoms with Crippen LogP contribution in [0.4, 0.5) is 15.8 Å². The zero-order valence-corrected chi connectivity index (χ0v) is 11.8. The van der Waals surface area contributed by atoms with Crippen LogP contribution < -0.4 is 5.32 Å². The first-order valence-electron chi connectivity index (χ1n) is 5.86. The second-order valence-electron chi connectivity index (χ2n) is 4.18. The first kappa shape index (κ1) is 16.4. The van der Waals surface area contributed by atoms with Crippen LogP contribution in [0.5, 0.6) is 0 Å². The maximum Gasteiger partial charge on any atom is 0.306 e. The summed E-state index contributed by atoms with van der Waals surface area (Å²) in [4.78, 5) is 21.6. The average molecular weight is 302 g/mol. The molecule has 0 unspecified atom stereocenters. The lowest BCUT2D eigenvalue weighted by atomic mass is 10.2. The van der Waals surface area contributed by atoms with Crippen molar-refractivity contribution >= 4 is 29.0 Å². The summed E-state index contributed by atoms with van der Waals surface area (Å²) >= 11 is 1.27. The predicted molar refractivity (Wildman–Crippen MR) is 75.3 cm³/mol. The zero-order valence-electron chi connectivity index (χ0n) is 11.0. The van der Waals surface area contributed by atoms with Crippen LogP contribution in [0.1, 0.15) is 13.8 Å². The van der Waals surface area contributed by atoms with Crippen molar-refractivity contribution in [1.29, 1.82) is 0 Å². The Bertz CT molecular complexity index is 512. The number of carbonyl (C=O) groups is 1. The highest BCUT2D eigenvalue weighted by Gasteiger charge is 2.19. The maximum absolute atomic E-state index is 13.1. The molecule has 0 bridgehead atoms. The van der Waals surface area contributed by atoms with Crippen molar-refractivity contribution in [3.05, 3.63) is 34.1 Å². The molecule has 20 heavy (non-hydrogen) atoms. The lowest BCUT2D eigenvalue weighted by molar-refractivity contribution is -0.387.